The third-order valence-corrected chi connectivity index (χ3v) is 3.35. The standard InChI is InChI=1S/C16H18ClN/c1-11-4-7-15(12(2)8-11)16-9-14(17)6-5-13(16)10-18-3/h4-9,18H,10H2,1-3H3. The van der Waals surface area contributed by atoms with Crippen molar-refractivity contribution in [1.29, 1.82) is 0 Å². The zero-order valence-corrected chi connectivity index (χ0v) is 11.8. The molecule has 2 aromatic rings. The van der Waals surface area contributed by atoms with Crippen molar-refractivity contribution in [2.75, 3.05) is 7.05 Å². The van der Waals surface area contributed by atoms with E-state index in [0.717, 1.165) is 11.6 Å². The second-order valence-corrected chi connectivity index (χ2v) is 5.09. The van der Waals surface area contributed by atoms with Crippen molar-refractivity contribution in [1.82, 2.24) is 5.32 Å². The fourth-order valence-electron chi connectivity index (χ4n) is 2.26. The molecule has 0 aliphatic rings. The van der Waals surface area contributed by atoms with Crippen LogP contribution < -0.4 is 5.32 Å². The molecule has 2 heteroatoms. The zero-order chi connectivity index (χ0) is 13.1. The van der Waals surface area contributed by atoms with Crippen LogP contribution in [0.15, 0.2) is 36.4 Å². The molecule has 0 radical (unpaired) electrons. The third-order valence-electron chi connectivity index (χ3n) is 3.11. The first-order valence-electron chi connectivity index (χ1n) is 6.12. The van der Waals surface area contributed by atoms with Gasteiger partial charge in [-0.1, -0.05) is 41.4 Å². The van der Waals surface area contributed by atoms with Crippen molar-refractivity contribution in [2.24, 2.45) is 0 Å². The fourth-order valence-corrected chi connectivity index (χ4v) is 2.43. The zero-order valence-electron chi connectivity index (χ0n) is 11.0. The van der Waals surface area contributed by atoms with E-state index in [9.17, 15) is 0 Å². The van der Waals surface area contributed by atoms with Gasteiger partial charge in [0.2, 0.25) is 0 Å². The van der Waals surface area contributed by atoms with Gasteiger partial charge in [-0.3, -0.25) is 0 Å². The maximum absolute atomic E-state index is 6.13. The van der Waals surface area contributed by atoms with Crippen molar-refractivity contribution in [3.05, 3.63) is 58.1 Å². The number of hydrogen-bond donors (Lipinski definition) is 1. The monoisotopic (exact) mass is 259 g/mol. The fraction of sp³-hybridized carbons (Fsp3) is 0.250. The number of aryl methyl sites for hydroxylation is 2. The lowest BCUT2D eigenvalue weighted by Gasteiger charge is -2.13. The Bertz CT molecular complexity index is 561. The van der Waals surface area contributed by atoms with Gasteiger partial charge >= 0.3 is 0 Å². The van der Waals surface area contributed by atoms with E-state index in [4.69, 9.17) is 11.6 Å². The van der Waals surface area contributed by atoms with Crippen molar-refractivity contribution in [3.63, 3.8) is 0 Å². The topological polar surface area (TPSA) is 12.0 Å². The Morgan fingerprint density at radius 1 is 1.00 bits per heavy atom. The van der Waals surface area contributed by atoms with E-state index in [0.29, 0.717) is 0 Å². The average Bonchev–Trinajstić information content (AvgIpc) is 2.32. The van der Waals surface area contributed by atoms with Gasteiger partial charge in [-0.15, -0.1) is 0 Å². The highest BCUT2D eigenvalue weighted by molar-refractivity contribution is 6.30. The lowest BCUT2D eigenvalue weighted by molar-refractivity contribution is 0.819. The Balaban J connectivity index is 2.57. The number of hydrogen-bond acceptors (Lipinski definition) is 1. The van der Waals surface area contributed by atoms with E-state index in [1.807, 2.05) is 19.2 Å². The summed E-state index contributed by atoms with van der Waals surface area (Å²) in [5.41, 5.74) is 6.32. The molecule has 0 saturated carbocycles. The van der Waals surface area contributed by atoms with Gasteiger partial charge in [0.05, 0.1) is 0 Å². The summed E-state index contributed by atoms with van der Waals surface area (Å²) >= 11 is 6.13. The summed E-state index contributed by atoms with van der Waals surface area (Å²) in [7, 11) is 1.96. The minimum Gasteiger partial charge on any atom is -0.316 e. The molecule has 0 bridgehead atoms. The Morgan fingerprint density at radius 3 is 2.44 bits per heavy atom. The summed E-state index contributed by atoms with van der Waals surface area (Å²) in [6.07, 6.45) is 0. The minimum atomic E-state index is 0.782. The number of rotatable bonds is 3. The molecule has 1 nitrogen and oxygen atoms in total. The predicted molar refractivity (Wildman–Crippen MR) is 79.1 cm³/mol. The minimum absolute atomic E-state index is 0.782. The molecule has 1 N–H and O–H groups in total. The summed E-state index contributed by atoms with van der Waals surface area (Å²) in [6.45, 7) is 5.11. The smallest absolute Gasteiger partial charge is 0.0412 e. The maximum Gasteiger partial charge on any atom is 0.0412 e. The molecule has 0 spiro atoms. The maximum atomic E-state index is 6.13. The second-order valence-electron chi connectivity index (χ2n) is 4.65. The Hall–Kier alpha value is -1.31. The van der Waals surface area contributed by atoms with Crippen LogP contribution in [0.2, 0.25) is 5.02 Å². The molecule has 2 aromatic carbocycles. The highest BCUT2D eigenvalue weighted by Gasteiger charge is 2.08. The molecule has 94 valence electrons. The van der Waals surface area contributed by atoms with Gasteiger partial charge in [-0.2, -0.15) is 0 Å². The molecule has 0 aliphatic carbocycles. The van der Waals surface area contributed by atoms with Crippen LogP contribution in [0.1, 0.15) is 16.7 Å². The molecule has 0 heterocycles. The van der Waals surface area contributed by atoms with E-state index >= 15 is 0 Å². The quantitative estimate of drug-likeness (QED) is 0.865. The molecule has 0 unspecified atom stereocenters. The molecule has 0 atom stereocenters. The van der Waals surface area contributed by atoms with Gasteiger partial charge in [0.15, 0.2) is 0 Å². The molecular weight excluding hydrogens is 242 g/mol. The van der Waals surface area contributed by atoms with Crippen molar-refractivity contribution in [2.45, 2.75) is 20.4 Å². The highest BCUT2D eigenvalue weighted by atomic mass is 35.5. The van der Waals surface area contributed by atoms with Gasteiger partial charge < -0.3 is 5.32 Å². The largest absolute Gasteiger partial charge is 0.316 e. The van der Waals surface area contributed by atoms with Crippen LogP contribution in [0.3, 0.4) is 0 Å². The van der Waals surface area contributed by atoms with Crippen LogP contribution in [-0.2, 0) is 6.54 Å². The molecular formula is C16H18ClN. The highest BCUT2D eigenvalue weighted by Crippen LogP contribution is 2.30. The van der Waals surface area contributed by atoms with Crippen LogP contribution in [0.4, 0.5) is 0 Å². The molecule has 2 rings (SSSR count). The van der Waals surface area contributed by atoms with Gasteiger partial charge in [0.1, 0.15) is 0 Å². The van der Waals surface area contributed by atoms with Crippen molar-refractivity contribution >= 4 is 11.6 Å². The van der Waals surface area contributed by atoms with E-state index in [-0.39, 0.29) is 0 Å². The first-order chi connectivity index (χ1) is 8.61. The van der Waals surface area contributed by atoms with Gasteiger partial charge in [-0.25, -0.2) is 0 Å². The molecule has 0 saturated heterocycles. The van der Waals surface area contributed by atoms with Crippen LogP contribution in [0.5, 0.6) is 0 Å². The van der Waals surface area contributed by atoms with Crippen molar-refractivity contribution in [3.8, 4) is 11.1 Å². The molecule has 0 aliphatic heterocycles. The number of halogens is 1. The lowest BCUT2D eigenvalue weighted by atomic mass is 9.95. The van der Waals surface area contributed by atoms with Crippen molar-refractivity contribution < 1.29 is 0 Å². The van der Waals surface area contributed by atoms with E-state index in [1.165, 1.54) is 27.8 Å². The second kappa shape index (κ2) is 5.55. The van der Waals surface area contributed by atoms with Crippen LogP contribution in [-0.4, -0.2) is 7.05 Å². The van der Waals surface area contributed by atoms with E-state index < -0.39 is 0 Å². The SMILES string of the molecule is CNCc1ccc(Cl)cc1-c1ccc(C)cc1C. The molecule has 0 aromatic heterocycles. The summed E-state index contributed by atoms with van der Waals surface area (Å²) < 4.78 is 0. The molecule has 0 fully saturated rings. The van der Waals surface area contributed by atoms with Gasteiger partial charge in [0.25, 0.3) is 0 Å². The number of nitrogens with one attached hydrogen (secondary N) is 1. The summed E-state index contributed by atoms with van der Waals surface area (Å²) in [6, 6.07) is 12.6. The van der Waals surface area contributed by atoms with Gasteiger partial charge in [0, 0.05) is 11.6 Å². The lowest BCUT2D eigenvalue weighted by Crippen LogP contribution is -2.06. The number of benzene rings is 2. The predicted octanol–water partition coefficient (Wildman–Crippen LogP) is 4.34. The van der Waals surface area contributed by atoms with Crippen LogP contribution >= 0.6 is 11.6 Å². The molecule has 18 heavy (non-hydrogen) atoms. The average molecular weight is 260 g/mol. The Labute approximate surface area is 114 Å². The summed E-state index contributed by atoms with van der Waals surface area (Å²) in [5, 5.41) is 3.98. The first kappa shape index (κ1) is 13.1. The Kier molecular flexibility index (Phi) is 4.05. The van der Waals surface area contributed by atoms with Crippen LogP contribution in [0.25, 0.3) is 11.1 Å². The van der Waals surface area contributed by atoms with E-state index in [1.54, 1.807) is 0 Å². The third kappa shape index (κ3) is 2.74. The first-order valence-corrected chi connectivity index (χ1v) is 6.50. The van der Waals surface area contributed by atoms with Gasteiger partial charge in [-0.05, 0) is 55.3 Å². The van der Waals surface area contributed by atoms with E-state index in [2.05, 4.69) is 43.4 Å². The Morgan fingerprint density at radius 2 is 1.78 bits per heavy atom. The normalized spacial score (nSPS) is 10.7. The summed E-state index contributed by atoms with van der Waals surface area (Å²) in [5.74, 6) is 0. The molecule has 0 amide bonds. The summed E-state index contributed by atoms with van der Waals surface area (Å²) in [4.78, 5) is 0. The van der Waals surface area contributed by atoms with Crippen LogP contribution in [0, 0.1) is 13.8 Å².